The quantitative estimate of drug-likeness (QED) is 0.664. The van der Waals surface area contributed by atoms with Crippen molar-refractivity contribution in [2.75, 3.05) is 5.43 Å². The standard InChI is InChI=1S/C15H17N5O/c1-9(12-8-13(12)11-6-4-3-5-7-11)17-19-15-16-14(21)10(2)18-20-15/h3-7,12-13H,8H2,1-2H3,(H2,16,19,20,21). The van der Waals surface area contributed by atoms with Gasteiger partial charge in [0.05, 0.1) is 0 Å². The molecule has 1 heterocycles. The van der Waals surface area contributed by atoms with Crippen molar-refractivity contribution in [3.8, 4) is 0 Å². The van der Waals surface area contributed by atoms with Gasteiger partial charge in [0.15, 0.2) is 0 Å². The number of hydrogen-bond donors (Lipinski definition) is 2. The number of benzene rings is 1. The summed E-state index contributed by atoms with van der Waals surface area (Å²) in [6, 6.07) is 10.4. The molecule has 21 heavy (non-hydrogen) atoms. The van der Waals surface area contributed by atoms with Gasteiger partial charge < -0.3 is 0 Å². The van der Waals surface area contributed by atoms with Crippen molar-refractivity contribution in [3.05, 3.63) is 51.9 Å². The predicted molar refractivity (Wildman–Crippen MR) is 81.4 cm³/mol. The van der Waals surface area contributed by atoms with Gasteiger partial charge in [-0.2, -0.15) is 5.10 Å². The van der Waals surface area contributed by atoms with Crippen LogP contribution in [0.3, 0.4) is 0 Å². The molecule has 1 aromatic heterocycles. The molecule has 0 saturated heterocycles. The van der Waals surface area contributed by atoms with Crippen LogP contribution in [-0.4, -0.2) is 20.9 Å². The van der Waals surface area contributed by atoms with E-state index in [0.717, 1.165) is 12.1 Å². The van der Waals surface area contributed by atoms with E-state index < -0.39 is 0 Å². The molecule has 6 nitrogen and oxygen atoms in total. The fraction of sp³-hybridized carbons (Fsp3) is 0.333. The van der Waals surface area contributed by atoms with Crippen LogP contribution in [0.1, 0.15) is 30.5 Å². The number of H-pyrrole nitrogens is 1. The highest BCUT2D eigenvalue weighted by molar-refractivity contribution is 5.88. The van der Waals surface area contributed by atoms with Crippen molar-refractivity contribution < 1.29 is 0 Å². The highest BCUT2D eigenvalue weighted by Crippen LogP contribution is 2.48. The Morgan fingerprint density at radius 1 is 1.33 bits per heavy atom. The maximum atomic E-state index is 11.4. The first kappa shape index (κ1) is 13.5. The van der Waals surface area contributed by atoms with E-state index in [1.807, 2.05) is 13.0 Å². The molecule has 2 aromatic rings. The van der Waals surface area contributed by atoms with Crippen LogP contribution in [0, 0.1) is 12.8 Å². The third-order valence-corrected chi connectivity index (χ3v) is 3.75. The average Bonchev–Trinajstić information content (AvgIpc) is 3.30. The van der Waals surface area contributed by atoms with E-state index in [4.69, 9.17) is 0 Å². The first-order valence-electron chi connectivity index (χ1n) is 6.94. The molecule has 1 saturated carbocycles. The van der Waals surface area contributed by atoms with Crippen LogP contribution in [0.5, 0.6) is 0 Å². The minimum atomic E-state index is -0.256. The van der Waals surface area contributed by atoms with Crippen molar-refractivity contribution in [1.29, 1.82) is 0 Å². The molecule has 108 valence electrons. The zero-order chi connectivity index (χ0) is 14.8. The Balaban J connectivity index is 1.65. The summed E-state index contributed by atoms with van der Waals surface area (Å²) in [4.78, 5) is 14.0. The summed E-state index contributed by atoms with van der Waals surface area (Å²) in [6.07, 6.45) is 1.11. The molecule has 2 unspecified atom stereocenters. The molecule has 0 bridgehead atoms. The largest absolute Gasteiger partial charge is 0.288 e. The second-order valence-corrected chi connectivity index (χ2v) is 5.31. The molecule has 1 fully saturated rings. The van der Waals surface area contributed by atoms with Crippen molar-refractivity contribution in [2.45, 2.75) is 26.2 Å². The maximum Gasteiger partial charge on any atom is 0.274 e. The Morgan fingerprint density at radius 3 is 2.81 bits per heavy atom. The van der Waals surface area contributed by atoms with E-state index >= 15 is 0 Å². The molecule has 0 radical (unpaired) electrons. The summed E-state index contributed by atoms with van der Waals surface area (Å²) in [6.45, 7) is 3.60. The highest BCUT2D eigenvalue weighted by Gasteiger charge is 2.40. The SMILES string of the molecule is CC(=NNc1nnc(C)c(=O)[nH]1)C1CC1c1ccccc1. The summed E-state index contributed by atoms with van der Waals surface area (Å²) in [7, 11) is 0. The van der Waals surface area contributed by atoms with Crippen LogP contribution in [0.25, 0.3) is 0 Å². The number of aromatic nitrogens is 3. The van der Waals surface area contributed by atoms with Gasteiger partial charge in [0.25, 0.3) is 5.56 Å². The predicted octanol–water partition coefficient (Wildman–Crippen LogP) is 2.06. The molecule has 1 aliphatic rings. The number of nitrogens with one attached hydrogen (secondary N) is 2. The van der Waals surface area contributed by atoms with Crippen LogP contribution in [0.2, 0.25) is 0 Å². The Hall–Kier alpha value is -2.50. The summed E-state index contributed by atoms with van der Waals surface area (Å²) in [5.41, 5.74) is 5.20. The zero-order valence-electron chi connectivity index (χ0n) is 12.0. The number of hydrogen-bond acceptors (Lipinski definition) is 5. The monoisotopic (exact) mass is 283 g/mol. The van der Waals surface area contributed by atoms with Gasteiger partial charge >= 0.3 is 0 Å². The minimum absolute atomic E-state index is 0.256. The molecule has 0 amide bonds. The smallest absolute Gasteiger partial charge is 0.274 e. The van der Waals surface area contributed by atoms with Crippen LogP contribution in [0.15, 0.2) is 40.2 Å². The van der Waals surface area contributed by atoms with Gasteiger partial charge in [-0.15, -0.1) is 10.2 Å². The normalized spacial score (nSPS) is 21.1. The molecule has 2 atom stereocenters. The Labute approximate surface area is 122 Å². The van der Waals surface area contributed by atoms with E-state index in [1.54, 1.807) is 6.92 Å². The second kappa shape index (κ2) is 5.47. The lowest BCUT2D eigenvalue weighted by atomic mass is 10.1. The maximum absolute atomic E-state index is 11.4. The van der Waals surface area contributed by atoms with Crippen molar-refractivity contribution in [2.24, 2.45) is 11.0 Å². The topological polar surface area (TPSA) is 83.0 Å². The first-order valence-corrected chi connectivity index (χ1v) is 6.94. The average molecular weight is 283 g/mol. The number of rotatable bonds is 4. The summed E-state index contributed by atoms with van der Waals surface area (Å²) < 4.78 is 0. The summed E-state index contributed by atoms with van der Waals surface area (Å²) >= 11 is 0. The molecule has 0 spiro atoms. The van der Waals surface area contributed by atoms with Gasteiger partial charge in [-0.1, -0.05) is 30.3 Å². The molecule has 1 aromatic carbocycles. The fourth-order valence-electron chi connectivity index (χ4n) is 2.39. The van der Waals surface area contributed by atoms with E-state index in [0.29, 0.717) is 17.5 Å². The number of nitrogens with zero attached hydrogens (tertiary/aromatic N) is 3. The lowest BCUT2D eigenvalue weighted by molar-refractivity contribution is 0.895. The Morgan fingerprint density at radius 2 is 2.10 bits per heavy atom. The highest BCUT2D eigenvalue weighted by atomic mass is 16.1. The third-order valence-electron chi connectivity index (χ3n) is 3.75. The number of anilines is 1. The molecular formula is C15H17N5O. The van der Waals surface area contributed by atoms with Crippen LogP contribution < -0.4 is 11.0 Å². The van der Waals surface area contributed by atoms with E-state index in [1.165, 1.54) is 5.56 Å². The number of aryl methyl sites for hydroxylation is 1. The van der Waals surface area contributed by atoms with Crippen LogP contribution >= 0.6 is 0 Å². The van der Waals surface area contributed by atoms with E-state index in [2.05, 4.69) is 50.0 Å². The summed E-state index contributed by atoms with van der Waals surface area (Å²) in [5.74, 6) is 1.26. The fourth-order valence-corrected chi connectivity index (χ4v) is 2.39. The van der Waals surface area contributed by atoms with Gasteiger partial charge in [-0.05, 0) is 31.7 Å². The zero-order valence-corrected chi connectivity index (χ0v) is 12.0. The molecule has 3 rings (SSSR count). The lowest BCUT2D eigenvalue weighted by Gasteiger charge is -2.02. The lowest BCUT2D eigenvalue weighted by Crippen LogP contribution is -2.16. The minimum Gasteiger partial charge on any atom is -0.288 e. The third kappa shape index (κ3) is 2.99. The molecule has 1 aliphatic carbocycles. The molecule has 6 heteroatoms. The van der Waals surface area contributed by atoms with Crippen molar-refractivity contribution >= 4 is 11.7 Å². The van der Waals surface area contributed by atoms with Crippen LogP contribution in [-0.2, 0) is 0 Å². The first-order chi connectivity index (χ1) is 10.1. The van der Waals surface area contributed by atoms with Gasteiger partial charge in [0.2, 0.25) is 5.95 Å². The van der Waals surface area contributed by atoms with Crippen LogP contribution in [0.4, 0.5) is 5.95 Å². The molecule has 2 N–H and O–H groups in total. The van der Waals surface area contributed by atoms with Gasteiger partial charge in [0.1, 0.15) is 5.69 Å². The Bertz CT molecular complexity index is 722. The van der Waals surface area contributed by atoms with Gasteiger partial charge in [-0.3, -0.25) is 9.78 Å². The second-order valence-electron chi connectivity index (χ2n) is 5.31. The van der Waals surface area contributed by atoms with E-state index in [-0.39, 0.29) is 11.5 Å². The Kier molecular flexibility index (Phi) is 3.51. The van der Waals surface area contributed by atoms with Gasteiger partial charge in [-0.25, -0.2) is 5.43 Å². The molecular weight excluding hydrogens is 266 g/mol. The molecule has 0 aliphatic heterocycles. The van der Waals surface area contributed by atoms with Gasteiger partial charge in [0, 0.05) is 11.6 Å². The number of hydrazone groups is 1. The summed E-state index contributed by atoms with van der Waals surface area (Å²) in [5, 5.41) is 11.9. The van der Waals surface area contributed by atoms with Crippen molar-refractivity contribution in [1.82, 2.24) is 15.2 Å². The number of aromatic amines is 1. The van der Waals surface area contributed by atoms with Crippen molar-refractivity contribution in [3.63, 3.8) is 0 Å². The van der Waals surface area contributed by atoms with E-state index in [9.17, 15) is 4.79 Å².